The van der Waals surface area contributed by atoms with Crippen molar-refractivity contribution in [2.24, 2.45) is 5.92 Å². The normalized spacial score (nSPS) is 12.3. The fourth-order valence-electron chi connectivity index (χ4n) is 4.84. The Morgan fingerprint density at radius 3 is 2.25 bits per heavy atom. The van der Waals surface area contributed by atoms with Crippen LogP contribution in [0.2, 0.25) is 0 Å². The Morgan fingerprint density at radius 1 is 0.941 bits per heavy atom. The van der Waals surface area contributed by atoms with Crippen molar-refractivity contribution in [2.45, 2.75) is 64.5 Å². The van der Waals surface area contributed by atoms with Gasteiger partial charge in [-0.1, -0.05) is 39.2 Å². The number of ether oxygens (including phenoxy) is 1. The zero-order valence-corrected chi connectivity index (χ0v) is 28.1. The largest absolute Gasteiger partial charge is 0.481 e. The van der Waals surface area contributed by atoms with E-state index >= 15 is 0 Å². The van der Waals surface area contributed by atoms with E-state index in [9.17, 15) is 43.5 Å². The third-order valence-corrected chi connectivity index (χ3v) is 7.35. The molecule has 0 bridgehead atoms. The van der Waals surface area contributed by atoms with E-state index in [1.807, 2.05) is 6.92 Å². The van der Waals surface area contributed by atoms with Gasteiger partial charge in [-0.25, -0.2) is 14.4 Å². The van der Waals surface area contributed by atoms with Gasteiger partial charge in [0.25, 0.3) is 11.8 Å². The minimum Gasteiger partial charge on any atom is -0.481 e. The highest BCUT2D eigenvalue weighted by atomic mass is 16.7. The first-order valence-corrected chi connectivity index (χ1v) is 15.8. The maximum absolute atomic E-state index is 13.2. The summed E-state index contributed by atoms with van der Waals surface area (Å²) >= 11 is 0. The molecular weight excluding hydrogens is 678 g/mol. The molecule has 0 spiro atoms. The van der Waals surface area contributed by atoms with Crippen molar-refractivity contribution in [3.8, 4) is 17.1 Å². The number of unbranched alkanes of at least 4 members (excludes halogenated alkanes) is 2. The standard InChI is InChI=1S/C32H41N5O14/c1-4-6-7-8-19(22(5-2)37(17-38)51-32(48)33-3)28(43)34-16-35-30(45)24-12-11-23(50-24)18-9-10-20(25(13-18)49-15-27(41)42)29(44)36-21(31(46)47)14-26(39)40/h9-13,17,19,21-22H,4-8,14-16H2,1-3H3,(H,33,48)(H,34,43)(H,35,45)(H,36,44)(H,39,40)(H,41,42)(H,46,47). The quantitative estimate of drug-likeness (QED) is 0.0394. The van der Waals surface area contributed by atoms with Crippen LogP contribution in [0.3, 0.4) is 0 Å². The fourth-order valence-corrected chi connectivity index (χ4v) is 4.84. The average Bonchev–Trinajstić information content (AvgIpc) is 3.59. The van der Waals surface area contributed by atoms with E-state index in [-0.39, 0.29) is 41.5 Å². The summed E-state index contributed by atoms with van der Waals surface area (Å²) in [5, 5.41) is 37.5. The molecule has 19 nitrogen and oxygen atoms in total. The van der Waals surface area contributed by atoms with Gasteiger partial charge in [0, 0.05) is 12.6 Å². The van der Waals surface area contributed by atoms with Gasteiger partial charge >= 0.3 is 24.0 Å². The number of hydroxylamine groups is 2. The number of amides is 5. The number of hydrogen-bond acceptors (Lipinski definition) is 11. The molecule has 278 valence electrons. The molecule has 0 aliphatic carbocycles. The van der Waals surface area contributed by atoms with E-state index in [4.69, 9.17) is 24.2 Å². The highest BCUT2D eigenvalue weighted by molar-refractivity contribution is 6.00. The summed E-state index contributed by atoms with van der Waals surface area (Å²) in [6.45, 7) is 2.50. The second-order valence-corrected chi connectivity index (χ2v) is 10.9. The molecule has 3 atom stereocenters. The Labute approximate surface area is 291 Å². The molecule has 0 saturated carbocycles. The van der Waals surface area contributed by atoms with Crippen LogP contribution in [0.1, 0.15) is 73.3 Å². The average molecular weight is 720 g/mol. The first-order chi connectivity index (χ1) is 24.3. The van der Waals surface area contributed by atoms with Crippen LogP contribution in [0.5, 0.6) is 5.75 Å². The molecule has 51 heavy (non-hydrogen) atoms. The molecule has 7 N–H and O–H groups in total. The first-order valence-electron chi connectivity index (χ1n) is 15.8. The van der Waals surface area contributed by atoms with Gasteiger partial charge in [0.05, 0.1) is 30.6 Å². The smallest absolute Gasteiger partial charge is 0.431 e. The number of benzene rings is 1. The summed E-state index contributed by atoms with van der Waals surface area (Å²) < 4.78 is 10.9. The lowest BCUT2D eigenvalue weighted by molar-refractivity contribution is -0.169. The SMILES string of the molecule is CCCCCC(C(=O)NCNC(=O)c1ccc(-c2ccc(C(=O)NC(CC(=O)O)C(=O)O)c(OCC(=O)O)c2)o1)C(CC)N(C=O)OC(=O)NC. The third kappa shape index (κ3) is 12.7. The maximum Gasteiger partial charge on any atom is 0.431 e. The maximum atomic E-state index is 13.2. The number of nitrogens with zero attached hydrogens (tertiary/aromatic N) is 1. The molecule has 2 aromatic rings. The van der Waals surface area contributed by atoms with Crippen molar-refractivity contribution in [1.29, 1.82) is 0 Å². The van der Waals surface area contributed by atoms with Gasteiger partial charge in [-0.2, -0.15) is 5.06 Å². The summed E-state index contributed by atoms with van der Waals surface area (Å²) in [6, 6.07) is 3.86. The van der Waals surface area contributed by atoms with E-state index in [0.29, 0.717) is 19.3 Å². The number of rotatable bonds is 22. The molecule has 1 aromatic carbocycles. The Morgan fingerprint density at radius 2 is 1.67 bits per heavy atom. The first kappa shape index (κ1) is 41.0. The van der Waals surface area contributed by atoms with Crippen LogP contribution < -0.4 is 26.0 Å². The van der Waals surface area contributed by atoms with Gasteiger partial charge in [-0.3, -0.25) is 24.0 Å². The zero-order chi connectivity index (χ0) is 38.1. The molecule has 1 aromatic heterocycles. The van der Waals surface area contributed by atoms with Crippen molar-refractivity contribution in [3.63, 3.8) is 0 Å². The minimum atomic E-state index is -1.79. The van der Waals surface area contributed by atoms with Crippen LogP contribution in [0.25, 0.3) is 11.3 Å². The summed E-state index contributed by atoms with van der Waals surface area (Å²) in [4.78, 5) is 101. The van der Waals surface area contributed by atoms with Gasteiger partial charge in [-0.15, -0.1) is 0 Å². The summed E-state index contributed by atoms with van der Waals surface area (Å²) in [7, 11) is 1.32. The van der Waals surface area contributed by atoms with Crippen molar-refractivity contribution < 1.29 is 67.7 Å². The molecule has 19 heteroatoms. The van der Waals surface area contributed by atoms with Crippen molar-refractivity contribution >= 4 is 48.1 Å². The number of carbonyl (C=O) groups is 8. The monoisotopic (exact) mass is 719 g/mol. The summed E-state index contributed by atoms with van der Waals surface area (Å²) in [6.07, 6.45) is 1.51. The van der Waals surface area contributed by atoms with E-state index in [0.717, 1.165) is 17.9 Å². The Hall–Kier alpha value is -6.14. The number of aliphatic carboxylic acids is 3. The molecule has 0 saturated heterocycles. The Kier molecular flexibility index (Phi) is 16.4. The van der Waals surface area contributed by atoms with Crippen LogP contribution in [0.4, 0.5) is 4.79 Å². The number of carboxylic acids is 3. The molecule has 5 amide bonds. The number of carboxylic acid groups (broad SMARTS) is 3. The number of furan rings is 1. The van der Waals surface area contributed by atoms with Crippen LogP contribution in [-0.2, 0) is 28.8 Å². The number of hydrogen-bond donors (Lipinski definition) is 7. The highest BCUT2D eigenvalue weighted by Gasteiger charge is 2.33. The molecule has 3 unspecified atom stereocenters. The summed E-state index contributed by atoms with van der Waals surface area (Å²) in [5.41, 5.74) is -0.0782. The third-order valence-electron chi connectivity index (χ3n) is 7.35. The van der Waals surface area contributed by atoms with Crippen LogP contribution in [0.15, 0.2) is 34.7 Å². The van der Waals surface area contributed by atoms with Crippen LogP contribution >= 0.6 is 0 Å². The van der Waals surface area contributed by atoms with Crippen LogP contribution in [-0.4, -0.2) is 101 Å². The van der Waals surface area contributed by atoms with Crippen molar-refractivity contribution in [1.82, 2.24) is 26.3 Å². The molecule has 0 aliphatic heterocycles. The van der Waals surface area contributed by atoms with Gasteiger partial charge in [0.15, 0.2) is 12.4 Å². The lowest BCUT2D eigenvalue weighted by Crippen LogP contribution is -2.49. The second-order valence-electron chi connectivity index (χ2n) is 10.9. The van der Waals surface area contributed by atoms with Gasteiger partial charge in [0.1, 0.15) is 17.6 Å². The molecule has 0 aliphatic rings. The fraction of sp³-hybridized carbons (Fsp3) is 0.438. The van der Waals surface area contributed by atoms with E-state index in [1.54, 1.807) is 6.92 Å². The number of nitrogens with one attached hydrogen (secondary N) is 4. The van der Waals surface area contributed by atoms with Gasteiger partial charge < -0.3 is 50.6 Å². The van der Waals surface area contributed by atoms with E-state index in [2.05, 4.69) is 21.3 Å². The predicted molar refractivity (Wildman–Crippen MR) is 174 cm³/mol. The Balaban J connectivity index is 2.19. The summed E-state index contributed by atoms with van der Waals surface area (Å²) in [5.74, 6) is -7.94. The van der Waals surface area contributed by atoms with E-state index < -0.39 is 72.8 Å². The predicted octanol–water partition coefficient (Wildman–Crippen LogP) is 1.58. The lowest BCUT2D eigenvalue weighted by Gasteiger charge is -2.31. The van der Waals surface area contributed by atoms with Crippen molar-refractivity contribution in [3.05, 3.63) is 41.7 Å². The van der Waals surface area contributed by atoms with Gasteiger partial charge in [-0.05, 0) is 37.1 Å². The highest BCUT2D eigenvalue weighted by Crippen LogP contribution is 2.29. The molecule has 1 heterocycles. The second kappa shape index (κ2) is 20.4. The lowest BCUT2D eigenvalue weighted by atomic mass is 9.90. The van der Waals surface area contributed by atoms with Crippen molar-refractivity contribution in [2.75, 3.05) is 20.3 Å². The van der Waals surface area contributed by atoms with Crippen LogP contribution in [0, 0.1) is 5.92 Å². The number of carbonyl (C=O) groups excluding carboxylic acids is 5. The minimum absolute atomic E-state index is 0.0810. The molecular formula is C32H41N5O14. The van der Waals surface area contributed by atoms with E-state index in [1.165, 1.54) is 37.4 Å². The topological polar surface area (TPSA) is 280 Å². The molecule has 0 fully saturated rings. The van der Waals surface area contributed by atoms with Gasteiger partial charge in [0.2, 0.25) is 12.3 Å². The molecule has 0 radical (unpaired) electrons. The molecule has 2 rings (SSSR count). The Bertz CT molecular complexity index is 1570. The zero-order valence-electron chi connectivity index (χ0n) is 28.1.